The Hall–Kier alpha value is -2.65. The normalized spacial score (nSPS) is 15.6. The molecule has 2 heterocycles. The molecule has 3 aromatic rings. The van der Waals surface area contributed by atoms with E-state index in [1.165, 1.54) is 11.8 Å². The van der Waals surface area contributed by atoms with Crippen molar-refractivity contribution >= 4 is 45.3 Å². The van der Waals surface area contributed by atoms with Crippen LogP contribution in [0.25, 0.3) is 11.5 Å². The summed E-state index contributed by atoms with van der Waals surface area (Å²) in [6.45, 7) is 1.69. The van der Waals surface area contributed by atoms with Crippen LogP contribution < -0.4 is 5.32 Å². The minimum atomic E-state index is -0.538. The zero-order valence-corrected chi connectivity index (χ0v) is 17.0. The van der Waals surface area contributed by atoms with Gasteiger partial charge in [-0.05, 0) is 49.4 Å². The molecule has 2 aromatic carbocycles. The third kappa shape index (κ3) is 3.95. The minimum absolute atomic E-state index is 0.0886. The number of nitrogens with zero attached hydrogens (tertiary/aromatic N) is 2. The van der Waals surface area contributed by atoms with Crippen molar-refractivity contribution in [3.63, 3.8) is 0 Å². The van der Waals surface area contributed by atoms with E-state index in [1.54, 1.807) is 18.2 Å². The molecule has 1 aromatic heterocycles. The van der Waals surface area contributed by atoms with Crippen LogP contribution in [0.5, 0.6) is 0 Å². The Morgan fingerprint density at radius 3 is 2.82 bits per heavy atom. The number of nitrogens with one attached hydrogen (secondary N) is 1. The van der Waals surface area contributed by atoms with Gasteiger partial charge in [-0.2, -0.15) is 0 Å². The van der Waals surface area contributed by atoms with Crippen LogP contribution in [-0.2, 0) is 16.1 Å². The molecule has 28 heavy (non-hydrogen) atoms. The third-order valence-corrected chi connectivity index (χ3v) is 5.74. The van der Waals surface area contributed by atoms with E-state index in [4.69, 9.17) is 9.15 Å². The quantitative estimate of drug-likeness (QED) is 0.581. The first-order valence-electron chi connectivity index (χ1n) is 8.36. The van der Waals surface area contributed by atoms with E-state index in [9.17, 15) is 9.59 Å². The summed E-state index contributed by atoms with van der Waals surface area (Å²) in [7, 11) is 0. The van der Waals surface area contributed by atoms with Crippen molar-refractivity contribution < 1.29 is 18.7 Å². The second-order valence-electron chi connectivity index (χ2n) is 6.04. The van der Waals surface area contributed by atoms with Crippen LogP contribution in [0.3, 0.4) is 0 Å². The molecule has 1 aliphatic heterocycles. The van der Waals surface area contributed by atoms with Crippen molar-refractivity contribution in [3.05, 3.63) is 58.4 Å². The molecule has 0 saturated heterocycles. The fraction of sp³-hybridized carbons (Fsp3) is 0.158. The molecular formula is C19H14BrN3O4S. The lowest BCUT2D eigenvalue weighted by atomic mass is 10.2. The van der Waals surface area contributed by atoms with Gasteiger partial charge in [0.2, 0.25) is 11.8 Å². The Labute approximate surface area is 173 Å². The average Bonchev–Trinajstić information content (AvgIpc) is 3.16. The van der Waals surface area contributed by atoms with Crippen molar-refractivity contribution in [2.45, 2.75) is 23.7 Å². The molecule has 0 saturated carbocycles. The van der Waals surface area contributed by atoms with Gasteiger partial charge in [-0.15, -0.1) is 22.0 Å². The van der Waals surface area contributed by atoms with E-state index in [0.717, 1.165) is 14.9 Å². The van der Waals surface area contributed by atoms with Crippen LogP contribution in [0, 0.1) is 0 Å². The van der Waals surface area contributed by atoms with Crippen LogP contribution in [-0.4, -0.2) is 27.3 Å². The van der Waals surface area contributed by atoms with Crippen molar-refractivity contribution in [2.75, 3.05) is 5.32 Å². The molecule has 0 spiro atoms. The highest BCUT2D eigenvalue weighted by molar-refractivity contribution is 9.10. The molecule has 0 radical (unpaired) electrons. The van der Waals surface area contributed by atoms with Gasteiger partial charge in [0.05, 0.1) is 16.5 Å². The van der Waals surface area contributed by atoms with E-state index in [1.807, 2.05) is 31.2 Å². The van der Waals surface area contributed by atoms with Gasteiger partial charge in [0.1, 0.15) is 0 Å². The number of hydrogen-bond acceptors (Lipinski definition) is 7. The molecule has 0 fully saturated rings. The van der Waals surface area contributed by atoms with E-state index < -0.39 is 5.97 Å². The van der Waals surface area contributed by atoms with Gasteiger partial charge in [-0.3, -0.25) is 4.79 Å². The zero-order chi connectivity index (χ0) is 19.7. The maximum absolute atomic E-state index is 12.3. The molecule has 7 nitrogen and oxygen atoms in total. The molecule has 0 bridgehead atoms. The average molecular weight is 460 g/mol. The summed E-state index contributed by atoms with van der Waals surface area (Å²) in [5.74, 6) is -0.0819. The number of hydrogen-bond donors (Lipinski definition) is 1. The van der Waals surface area contributed by atoms with Gasteiger partial charge in [0, 0.05) is 14.9 Å². The molecule has 1 N–H and O–H groups in total. The first kappa shape index (κ1) is 18.7. The van der Waals surface area contributed by atoms with E-state index >= 15 is 0 Å². The first-order valence-corrected chi connectivity index (χ1v) is 10.0. The standard InChI is InChI=1S/C19H14BrN3O4S/c1-10-17(24)21-14-8-12(4-7-15(14)28-10)19(25)26-9-16-22-23-18(27-16)11-2-5-13(20)6-3-11/h2-8,10H,9H2,1H3,(H,21,24). The number of anilines is 1. The second-order valence-corrected chi connectivity index (χ2v) is 8.34. The number of aromatic nitrogens is 2. The van der Waals surface area contributed by atoms with Crippen molar-refractivity contribution in [1.29, 1.82) is 0 Å². The number of halogens is 1. The topological polar surface area (TPSA) is 94.3 Å². The second kappa shape index (κ2) is 7.76. The van der Waals surface area contributed by atoms with Crippen LogP contribution in [0.1, 0.15) is 23.2 Å². The van der Waals surface area contributed by atoms with E-state index in [0.29, 0.717) is 17.1 Å². The Morgan fingerprint density at radius 1 is 1.25 bits per heavy atom. The van der Waals surface area contributed by atoms with E-state index in [-0.39, 0.29) is 23.7 Å². The number of benzene rings is 2. The highest BCUT2D eigenvalue weighted by atomic mass is 79.9. The maximum Gasteiger partial charge on any atom is 0.338 e. The summed E-state index contributed by atoms with van der Waals surface area (Å²) in [6.07, 6.45) is 0. The smallest absolute Gasteiger partial charge is 0.338 e. The SMILES string of the molecule is CC1Sc2ccc(C(=O)OCc3nnc(-c4ccc(Br)cc4)o3)cc2NC1=O. The lowest BCUT2D eigenvalue weighted by molar-refractivity contribution is -0.115. The van der Waals surface area contributed by atoms with Gasteiger partial charge in [-0.25, -0.2) is 4.79 Å². The number of ether oxygens (including phenoxy) is 1. The molecule has 1 unspecified atom stereocenters. The first-order chi connectivity index (χ1) is 13.5. The highest BCUT2D eigenvalue weighted by Crippen LogP contribution is 2.36. The number of carbonyl (C=O) groups is 2. The predicted octanol–water partition coefficient (Wildman–Crippen LogP) is 4.29. The third-order valence-electron chi connectivity index (χ3n) is 4.03. The summed E-state index contributed by atoms with van der Waals surface area (Å²) in [5, 5.41) is 10.5. The minimum Gasteiger partial charge on any atom is -0.452 e. The number of fused-ring (bicyclic) bond motifs is 1. The molecule has 1 aliphatic rings. The summed E-state index contributed by atoms with van der Waals surface area (Å²) in [6, 6.07) is 12.5. The summed E-state index contributed by atoms with van der Waals surface area (Å²) in [5.41, 5.74) is 1.71. The number of thioether (sulfide) groups is 1. The summed E-state index contributed by atoms with van der Waals surface area (Å²) in [4.78, 5) is 25.1. The molecular weight excluding hydrogens is 446 g/mol. The largest absolute Gasteiger partial charge is 0.452 e. The fourth-order valence-corrected chi connectivity index (χ4v) is 3.76. The van der Waals surface area contributed by atoms with Gasteiger partial charge in [0.25, 0.3) is 5.89 Å². The number of amides is 1. The molecule has 142 valence electrons. The Kier molecular flexibility index (Phi) is 5.19. The molecule has 0 aliphatic carbocycles. The van der Waals surface area contributed by atoms with Crippen molar-refractivity contribution in [2.24, 2.45) is 0 Å². The number of rotatable bonds is 4. The molecule has 1 amide bonds. The molecule has 1 atom stereocenters. The van der Waals surface area contributed by atoms with Crippen LogP contribution >= 0.6 is 27.7 Å². The van der Waals surface area contributed by atoms with Crippen molar-refractivity contribution in [1.82, 2.24) is 10.2 Å². The number of esters is 1. The monoisotopic (exact) mass is 459 g/mol. The Morgan fingerprint density at radius 2 is 2.04 bits per heavy atom. The summed E-state index contributed by atoms with van der Waals surface area (Å²) >= 11 is 4.82. The molecule has 4 rings (SSSR count). The Bertz CT molecular complexity index is 1050. The zero-order valence-electron chi connectivity index (χ0n) is 14.6. The van der Waals surface area contributed by atoms with Crippen molar-refractivity contribution in [3.8, 4) is 11.5 Å². The van der Waals surface area contributed by atoms with Crippen LogP contribution in [0.2, 0.25) is 0 Å². The molecule has 9 heteroatoms. The fourth-order valence-electron chi connectivity index (χ4n) is 2.57. The lowest BCUT2D eigenvalue weighted by Crippen LogP contribution is -2.26. The highest BCUT2D eigenvalue weighted by Gasteiger charge is 2.24. The predicted molar refractivity (Wildman–Crippen MR) is 107 cm³/mol. The van der Waals surface area contributed by atoms with Gasteiger partial charge in [0.15, 0.2) is 6.61 Å². The van der Waals surface area contributed by atoms with Crippen LogP contribution in [0.15, 0.2) is 56.2 Å². The van der Waals surface area contributed by atoms with Gasteiger partial charge < -0.3 is 14.5 Å². The number of carbonyl (C=O) groups excluding carboxylic acids is 2. The maximum atomic E-state index is 12.3. The van der Waals surface area contributed by atoms with Gasteiger partial charge in [-0.1, -0.05) is 15.9 Å². The van der Waals surface area contributed by atoms with Crippen LogP contribution in [0.4, 0.5) is 5.69 Å². The van der Waals surface area contributed by atoms with Gasteiger partial charge >= 0.3 is 5.97 Å². The lowest BCUT2D eigenvalue weighted by Gasteiger charge is -2.21. The van der Waals surface area contributed by atoms with E-state index in [2.05, 4.69) is 31.4 Å². The summed E-state index contributed by atoms with van der Waals surface area (Å²) < 4.78 is 11.7. The Balaban J connectivity index is 1.42.